The number of carbonyl (C=O) groups is 3. The number of carboxylic acid groups (broad SMARTS) is 1. The zero-order valence-electron chi connectivity index (χ0n) is 16.5. The van der Waals surface area contributed by atoms with E-state index >= 15 is 0 Å². The zero-order chi connectivity index (χ0) is 23.0. The number of Topliss-reactive ketones (excluding diaryl/α,β-unsaturated/α-hetero) is 1. The van der Waals surface area contributed by atoms with Crippen LogP contribution in [0.1, 0.15) is 37.1 Å². The van der Waals surface area contributed by atoms with Gasteiger partial charge in [0.05, 0.1) is 23.6 Å². The number of ketones is 1. The Morgan fingerprint density at radius 2 is 1.66 bits per heavy atom. The van der Waals surface area contributed by atoms with E-state index in [2.05, 4.69) is 4.98 Å². The molecule has 2 N–H and O–H groups in total. The van der Waals surface area contributed by atoms with Crippen molar-refractivity contribution in [3.63, 3.8) is 0 Å². The normalized spacial score (nSPS) is 19.8. The summed E-state index contributed by atoms with van der Waals surface area (Å²) in [5.74, 6) is -4.55. The van der Waals surface area contributed by atoms with E-state index in [1.165, 1.54) is 31.4 Å². The average Bonchev–Trinajstić information content (AvgIpc) is 3.17. The molecule has 0 radical (unpaired) electrons. The van der Waals surface area contributed by atoms with Gasteiger partial charge in [0.25, 0.3) is 0 Å². The molecule has 3 atom stereocenters. The van der Waals surface area contributed by atoms with Crippen LogP contribution in [-0.2, 0) is 9.53 Å². The number of aromatic nitrogens is 1. The van der Waals surface area contributed by atoms with Crippen molar-refractivity contribution < 1.29 is 28.6 Å². The Morgan fingerprint density at radius 3 is 2.25 bits per heavy atom. The minimum Gasteiger partial charge on any atom is -0.480 e. The first-order chi connectivity index (χ1) is 15.3. The lowest BCUT2D eigenvalue weighted by Crippen LogP contribution is -2.39. The molecular weight excluding hydrogens is 457 g/mol. The largest absolute Gasteiger partial charge is 0.480 e. The summed E-state index contributed by atoms with van der Waals surface area (Å²) >= 11 is 1.83. The second kappa shape index (κ2) is 8.71. The number of hydrogen-bond donors (Lipinski definition) is 2. The number of rotatable bonds is 5. The van der Waals surface area contributed by atoms with Crippen LogP contribution in [-0.4, -0.2) is 40.2 Å². The second-order valence-corrected chi connectivity index (χ2v) is 9.24. The maximum Gasteiger partial charge on any atom is 0.337 e. The number of carbonyl (C=O) groups excluding carboxylic acids is 2. The number of halogens is 1. The summed E-state index contributed by atoms with van der Waals surface area (Å²) in [5, 5.41) is 9.13. The third kappa shape index (κ3) is 3.98. The summed E-state index contributed by atoms with van der Waals surface area (Å²) in [6.45, 7) is 0. The Hall–Kier alpha value is -3.24. The van der Waals surface area contributed by atoms with Crippen LogP contribution in [0.4, 0.5) is 4.39 Å². The van der Waals surface area contributed by atoms with E-state index in [4.69, 9.17) is 4.74 Å². The van der Waals surface area contributed by atoms with Crippen molar-refractivity contribution in [2.45, 2.75) is 16.2 Å². The van der Waals surface area contributed by atoms with Crippen molar-refractivity contribution in [3.8, 4) is 0 Å². The molecule has 2 aromatic carbocycles. The molecule has 164 valence electrons. The van der Waals surface area contributed by atoms with Gasteiger partial charge in [-0.2, -0.15) is 0 Å². The van der Waals surface area contributed by atoms with Gasteiger partial charge in [0.2, 0.25) is 0 Å². The van der Waals surface area contributed by atoms with Gasteiger partial charge in [-0.15, -0.1) is 0 Å². The number of benzene rings is 2. The molecular formula is C22H16FNO6S2. The summed E-state index contributed by atoms with van der Waals surface area (Å²) in [7, 11) is 1.26. The molecule has 0 fully saturated rings. The van der Waals surface area contributed by atoms with Crippen LogP contribution >= 0.6 is 23.1 Å². The first kappa shape index (κ1) is 22.0. The van der Waals surface area contributed by atoms with Crippen LogP contribution in [0.2, 0.25) is 0 Å². The number of fused-ring (bicyclic) bond motifs is 1. The molecule has 0 spiro atoms. The van der Waals surface area contributed by atoms with E-state index in [-0.39, 0.29) is 10.4 Å². The van der Waals surface area contributed by atoms with Gasteiger partial charge in [-0.25, -0.2) is 9.18 Å². The Labute approximate surface area is 189 Å². The molecule has 1 aliphatic heterocycles. The summed E-state index contributed by atoms with van der Waals surface area (Å²) < 4.78 is 18.1. The first-order valence-corrected chi connectivity index (χ1v) is 11.1. The number of aromatic amines is 1. The molecule has 0 unspecified atom stereocenters. The monoisotopic (exact) mass is 473 g/mol. The fourth-order valence-electron chi connectivity index (χ4n) is 3.76. The van der Waals surface area contributed by atoms with Crippen LogP contribution < -0.4 is 4.87 Å². The van der Waals surface area contributed by atoms with Crippen molar-refractivity contribution in [2.24, 2.45) is 5.92 Å². The summed E-state index contributed by atoms with van der Waals surface area (Å²) in [5.41, 5.74) is 1.03. The highest BCUT2D eigenvalue weighted by atomic mass is 32.2. The molecule has 2 heterocycles. The number of nitrogens with one attached hydrogen (secondary N) is 1. The molecule has 0 amide bonds. The molecule has 3 aromatic rings. The minimum absolute atomic E-state index is 0.172. The molecule has 7 nitrogen and oxygen atoms in total. The number of esters is 1. The Balaban J connectivity index is 1.87. The summed E-state index contributed by atoms with van der Waals surface area (Å²) in [6, 6.07) is 11.2. The van der Waals surface area contributed by atoms with Crippen molar-refractivity contribution >= 4 is 40.8 Å². The number of thiazole rings is 1. The lowest BCUT2D eigenvalue weighted by molar-refractivity contribution is -0.137. The van der Waals surface area contributed by atoms with Gasteiger partial charge < -0.3 is 14.8 Å². The number of aliphatic carboxylic acids is 1. The maximum atomic E-state index is 13.5. The quantitative estimate of drug-likeness (QED) is 0.430. The van der Waals surface area contributed by atoms with E-state index in [1.807, 2.05) is 0 Å². The first-order valence-electron chi connectivity index (χ1n) is 9.40. The standard InChI is InChI=1S/C22H16FNO6S2/c1-30-21(28)12-4-2-10(3-5-12)14-15(16(25)11-6-8-13(23)9-7-11)18(20(26)27)31-19-17(14)32-22(29)24-19/h2-9,14-15,18H,1H3,(H,24,29)(H,26,27)/t14-,15+,18-/m1/s1. The second-order valence-electron chi connectivity index (χ2n) is 7.07. The minimum atomic E-state index is -1.20. The molecule has 0 saturated carbocycles. The molecule has 32 heavy (non-hydrogen) atoms. The van der Waals surface area contributed by atoms with E-state index in [0.29, 0.717) is 21.0 Å². The summed E-state index contributed by atoms with van der Waals surface area (Å²) in [4.78, 5) is 52.4. The van der Waals surface area contributed by atoms with Gasteiger partial charge in [0.15, 0.2) is 5.78 Å². The van der Waals surface area contributed by atoms with Gasteiger partial charge in [-0.1, -0.05) is 35.2 Å². The fourth-order valence-corrected chi connectivity index (χ4v) is 6.18. The number of thioether (sulfide) groups is 1. The van der Waals surface area contributed by atoms with Crippen LogP contribution in [0.3, 0.4) is 0 Å². The van der Waals surface area contributed by atoms with Crippen molar-refractivity contribution in [2.75, 3.05) is 7.11 Å². The lowest BCUT2D eigenvalue weighted by Gasteiger charge is -2.34. The van der Waals surface area contributed by atoms with Crippen LogP contribution in [0, 0.1) is 11.7 Å². The Morgan fingerprint density at radius 1 is 1.03 bits per heavy atom. The van der Waals surface area contributed by atoms with Gasteiger partial charge in [-0.05, 0) is 42.0 Å². The van der Waals surface area contributed by atoms with Gasteiger partial charge in [0.1, 0.15) is 11.1 Å². The molecule has 10 heteroatoms. The predicted octanol–water partition coefficient (Wildman–Crippen LogP) is 3.55. The van der Waals surface area contributed by atoms with Crippen molar-refractivity contribution in [1.82, 2.24) is 4.98 Å². The molecule has 1 aliphatic rings. The van der Waals surface area contributed by atoms with Crippen molar-refractivity contribution in [3.05, 3.63) is 85.6 Å². The highest BCUT2D eigenvalue weighted by molar-refractivity contribution is 8.00. The molecule has 1 aromatic heterocycles. The number of methoxy groups -OCH3 is 1. The number of ether oxygens (including phenoxy) is 1. The van der Waals surface area contributed by atoms with E-state index in [1.54, 1.807) is 12.1 Å². The Kier molecular flexibility index (Phi) is 5.98. The van der Waals surface area contributed by atoms with Crippen molar-refractivity contribution in [1.29, 1.82) is 0 Å². The molecule has 0 bridgehead atoms. The number of hydrogen-bond acceptors (Lipinski definition) is 7. The van der Waals surface area contributed by atoms with Gasteiger partial charge in [0, 0.05) is 16.4 Å². The van der Waals surface area contributed by atoms with E-state index in [0.717, 1.165) is 35.2 Å². The highest BCUT2D eigenvalue weighted by Crippen LogP contribution is 2.50. The van der Waals surface area contributed by atoms with E-state index < -0.39 is 40.6 Å². The fraction of sp³-hybridized carbons (Fsp3) is 0.182. The van der Waals surface area contributed by atoms with Crippen LogP contribution in [0.25, 0.3) is 0 Å². The zero-order valence-corrected chi connectivity index (χ0v) is 18.2. The summed E-state index contributed by atoms with van der Waals surface area (Å²) in [6.07, 6.45) is 0. The van der Waals surface area contributed by atoms with Gasteiger partial charge in [-0.3, -0.25) is 14.4 Å². The maximum absolute atomic E-state index is 13.5. The molecule has 4 rings (SSSR count). The number of H-pyrrole nitrogens is 1. The Bertz CT molecular complexity index is 1250. The smallest absolute Gasteiger partial charge is 0.337 e. The molecule has 0 aliphatic carbocycles. The third-order valence-corrected chi connectivity index (χ3v) is 7.62. The number of carboxylic acids is 1. The third-order valence-electron chi connectivity index (χ3n) is 5.22. The SMILES string of the molecule is COC(=O)c1ccc([C@H]2c3sc(=O)[nH]c3S[C@@H](C(=O)O)[C@@H]2C(=O)c2ccc(F)cc2)cc1. The predicted molar refractivity (Wildman–Crippen MR) is 116 cm³/mol. The van der Waals surface area contributed by atoms with Crippen LogP contribution in [0.5, 0.6) is 0 Å². The molecule has 0 saturated heterocycles. The average molecular weight is 474 g/mol. The lowest BCUT2D eigenvalue weighted by atomic mass is 9.77. The highest BCUT2D eigenvalue weighted by Gasteiger charge is 2.47. The van der Waals surface area contributed by atoms with Gasteiger partial charge >= 0.3 is 16.8 Å². The van der Waals surface area contributed by atoms with Crippen LogP contribution in [0.15, 0.2) is 58.4 Å². The topological polar surface area (TPSA) is 114 Å². The van der Waals surface area contributed by atoms with E-state index in [9.17, 15) is 28.7 Å².